The van der Waals surface area contributed by atoms with Gasteiger partial charge in [-0.15, -0.1) is 0 Å². The van der Waals surface area contributed by atoms with Crippen LogP contribution in [-0.4, -0.2) is 59.3 Å². The van der Waals surface area contributed by atoms with Crippen LogP contribution in [0.15, 0.2) is 73.1 Å². The number of ether oxygens (including phenoxy) is 1. The standard InChI is InChI=1S/C25H29N5O3.C7H17NO/c31-24(20-11-9-19(10-12-20)16-27-18-22-7-2-4-15-29-22)30-23(25(32)33)8-5-13-26-17-21-6-1-3-14-28-21;1-2-3-6-9-7-4-5-8/h1-4,6-7,9-12,14-15,23,26-27H,5,8,13,16-18H2,(H,30,31)(H,32,33);2-8H2,1H3. The summed E-state index contributed by atoms with van der Waals surface area (Å²) in [5.74, 6) is -1.43. The van der Waals surface area contributed by atoms with Crippen molar-refractivity contribution in [2.24, 2.45) is 5.73 Å². The molecule has 0 fully saturated rings. The molecule has 0 bridgehead atoms. The van der Waals surface area contributed by atoms with E-state index in [0.29, 0.717) is 44.6 Å². The number of carbonyl (C=O) groups excluding carboxylic acids is 1. The second kappa shape index (κ2) is 22.0. The van der Waals surface area contributed by atoms with Crippen LogP contribution < -0.4 is 21.7 Å². The maximum atomic E-state index is 12.5. The van der Waals surface area contributed by atoms with E-state index in [1.807, 2.05) is 48.5 Å². The zero-order valence-corrected chi connectivity index (χ0v) is 24.6. The Bertz CT molecular complexity index is 1110. The van der Waals surface area contributed by atoms with Crippen LogP contribution in [-0.2, 0) is 29.2 Å². The van der Waals surface area contributed by atoms with Gasteiger partial charge in [-0.3, -0.25) is 14.8 Å². The van der Waals surface area contributed by atoms with E-state index >= 15 is 0 Å². The second-order valence-electron chi connectivity index (χ2n) is 9.73. The zero-order chi connectivity index (χ0) is 30.3. The number of pyridine rings is 2. The summed E-state index contributed by atoms with van der Waals surface area (Å²) in [7, 11) is 0. The Morgan fingerprint density at radius 2 is 1.50 bits per heavy atom. The Hall–Kier alpha value is -3.70. The Labute approximate surface area is 249 Å². The van der Waals surface area contributed by atoms with Crippen LogP contribution in [0.1, 0.15) is 66.3 Å². The Morgan fingerprint density at radius 1 is 0.857 bits per heavy atom. The molecule has 2 heterocycles. The Kier molecular flexibility index (Phi) is 18.0. The number of carboxylic acids is 1. The van der Waals surface area contributed by atoms with Gasteiger partial charge in [-0.05, 0) is 80.7 Å². The van der Waals surface area contributed by atoms with Crippen molar-refractivity contribution in [1.82, 2.24) is 25.9 Å². The van der Waals surface area contributed by atoms with Gasteiger partial charge in [0.25, 0.3) is 5.91 Å². The summed E-state index contributed by atoms with van der Waals surface area (Å²) < 4.78 is 5.23. The molecular formula is C32H46N6O4. The third-order valence-electron chi connectivity index (χ3n) is 6.19. The molecule has 0 spiro atoms. The molecule has 0 radical (unpaired) electrons. The number of unbranched alkanes of at least 4 members (excludes halogenated alkanes) is 1. The molecule has 10 heteroatoms. The number of carboxylic acid groups (broad SMARTS) is 1. The van der Waals surface area contributed by atoms with E-state index in [-0.39, 0.29) is 0 Å². The summed E-state index contributed by atoms with van der Waals surface area (Å²) in [5.41, 5.74) is 8.61. The van der Waals surface area contributed by atoms with Gasteiger partial charge in [0, 0.05) is 50.8 Å². The summed E-state index contributed by atoms with van der Waals surface area (Å²) >= 11 is 0. The summed E-state index contributed by atoms with van der Waals surface area (Å²) in [6.45, 7) is 7.18. The molecule has 1 amide bonds. The second-order valence-corrected chi connectivity index (χ2v) is 9.73. The number of aromatic nitrogens is 2. The summed E-state index contributed by atoms with van der Waals surface area (Å²) in [4.78, 5) is 32.6. The molecule has 10 nitrogen and oxygen atoms in total. The predicted molar refractivity (Wildman–Crippen MR) is 165 cm³/mol. The van der Waals surface area contributed by atoms with Gasteiger partial charge >= 0.3 is 5.97 Å². The van der Waals surface area contributed by atoms with Crippen molar-refractivity contribution >= 4 is 11.9 Å². The van der Waals surface area contributed by atoms with Crippen LogP contribution in [0.4, 0.5) is 0 Å². The molecule has 42 heavy (non-hydrogen) atoms. The highest BCUT2D eigenvalue weighted by Gasteiger charge is 2.20. The zero-order valence-electron chi connectivity index (χ0n) is 24.6. The third kappa shape index (κ3) is 15.3. The van der Waals surface area contributed by atoms with Crippen molar-refractivity contribution in [3.05, 3.63) is 95.6 Å². The maximum Gasteiger partial charge on any atom is 0.326 e. The predicted octanol–water partition coefficient (Wildman–Crippen LogP) is 3.67. The first-order valence-electron chi connectivity index (χ1n) is 14.6. The van der Waals surface area contributed by atoms with E-state index in [2.05, 4.69) is 32.8 Å². The lowest BCUT2D eigenvalue weighted by Gasteiger charge is -2.15. The van der Waals surface area contributed by atoms with Gasteiger partial charge in [0.2, 0.25) is 0 Å². The minimum Gasteiger partial charge on any atom is -0.480 e. The van der Waals surface area contributed by atoms with Crippen molar-refractivity contribution in [3.63, 3.8) is 0 Å². The Morgan fingerprint density at radius 3 is 2.07 bits per heavy atom. The normalized spacial score (nSPS) is 11.3. The maximum absolute atomic E-state index is 12.5. The van der Waals surface area contributed by atoms with Crippen molar-refractivity contribution in [1.29, 1.82) is 0 Å². The molecule has 0 aliphatic carbocycles. The number of amides is 1. The van der Waals surface area contributed by atoms with Crippen LogP contribution in [0, 0.1) is 0 Å². The van der Waals surface area contributed by atoms with Crippen LogP contribution >= 0.6 is 0 Å². The molecule has 1 atom stereocenters. The molecule has 0 saturated carbocycles. The largest absolute Gasteiger partial charge is 0.480 e. The molecule has 0 saturated heterocycles. The van der Waals surface area contributed by atoms with E-state index in [1.165, 1.54) is 12.8 Å². The van der Waals surface area contributed by atoms with Gasteiger partial charge < -0.3 is 31.5 Å². The summed E-state index contributed by atoms with van der Waals surface area (Å²) in [5, 5.41) is 18.6. The quantitative estimate of drug-likeness (QED) is 0.134. The molecule has 228 valence electrons. The summed E-state index contributed by atoms with van der Waals surface area (Å²) in [6, 6.07) is 17.7. The molecule has 2 aromatic heterocycles. The molecular weight excluding hydrogens is 532 g/mol. The molecule has 0 aliphatic heterocycles. The highest BCUT2D eigenvalue weighted by molar-refractivity contribution is 5.96. The number of rotatable bonds is 19. The third-order valence-corrected chi connectivity index (χ3v) is 6.19. The minimum atomic E-state index is -1.04. The SMILES string of the molecule is CCCCOCCCN.O=C(NC(CCCNCc1ccccn1)C(=O)O)c1ccc(CNCc2ccccn2)cc1. The first-order valence-corrected chi connectivity index (χ1v) is 14.6. The number of hydrogen-bond donors (Lipinski definition) is 5. The summed E-state index contributed by atoms with van der Waals surface area (Å²) in [6.07, 6.45) is 7.82. The number of benzene rings is 1. The molecule has 6 N–H and O–H groups in total. The number of nitrogens with one attached hydrogen (secondary N) is 3. The highest BCUT2D eigenvalue weighted by Crippen LogP contribution is 2.07. The van der Waals surface area contributed by atoms with Gasteiger partial charge in [0.15, 0.2) is 0 Å². The lowest BCUT2D eigenvalue weighted by molar-refractivity contribution is -0.139. The van der Waals surface area contributed by atoms with Crippen LogP contribution in [0.5, 0.6) is 0 Å². The van der Waals surface area contributed by atoms with Gasteiger partial charge in [0.1, 0.15) is 6.04 Å². The first-order chi connectivity index (χ1) is 20.5. The van der Waals surface area contributed by atoms with E-state index in [1.54, 1.807) is 24.5 Å². The fourth-order valence-corrected chi connectivity index (χ4v) is 3.79. The smallest absolute Gasteiger partial charge is 0.326 e. The monoisotopic (exact) mass is 578 g/mol. The fraction of sp³-hybridized carbons (Fsp3) is 0.438. The molecule has 1 aromatic carbocycles. The first kappa shape index (κ1) is 34.5. The Balaban J connectivity index is 0.000000592. The number of hydrogen-bond acceptors (Lipinski definition) is 8. The lowest BCUT2D eigenvalue weighted by Crippen LogP contribution is -2.41. The van der Waals surface area contributed by atoms with E-state index in [0.717, 1.165) is 43.1 Å². The van der Waals surface area contributed by atoms with E-state index < -0.39 is 17.9 Å². The number of aliphatic carboxylic acids is 1. The van der Waals surface area contributed by atoms with E-state index in [9.17, 15) is 14.7 Å². The number of nitrogens with two attached hydrogens (primary N) is 1. The molecule has 1 unspecified atom stereocenters. The van der Waals surface area contributed by atoms with Crippen LogP contribution in [0.2, 0.25) is 0 Å². The van der Waals surface area contributed by atoms with Gasteiger partial charge in [-0.1, -0.05) is 37.6 Å². The van der Waals surface area contributed by atoms with Crippen molar-refractivity contribution < 1.29 is 19.4 Å². The van der Waals surface area contributed by atoms with Crippen LogP contribution in [0.3, 0.4) is 0 Å². The highest BCUT2D eigenvalue weighted by atomic mass is 16.5. The topological polar surface area (TPSA) is 151 Å². The van der Waals surface area contributed by atoms with Crippen molar-refractivity contribution in [3.8, 4) is 0 Å². The number of carbonyl (C=O) groups is 2. The lowest BCUT2D eigenvalue weighted by atomic mass is 10.1. The van der Waals surface area contributed by atoms with Gasteiger partial charge in [-0.25, -0.2) is 4.79 Å². The molecule has 3 rings (SSSR count). The van der Waals surface area contributed by atoms with Crippen molar-refractivity contribution in [2.75, 3.05) is 26.3 Å². The average molecular weight is 579 g/mol. The van der Waals surface area contributed by atoms with Crippen molar-refractivity contribution in [2.45, 2.75) is 64.7 Å². The van der Waals surface area contributed by atoms with Crippen LogP contribution in [0.25, 0.3) is 0 Å². The van der Waals surface area contributed by atoms with Gasteiger partial charge in [0.05, 0.1) is 11.4 Å². The van der Waals surface area contributed by atoms with E-state index in [4.69, 9.17) is 10.5 Å². The average Bonchev–Trinajstić information content (AvgIpc) is 3.02. The molecule has 0 aliphatic rings. The number of nitrogens with zero attached hydrogens (tertiary/aromatic N) is 2. The van der Waals surface area contributed by atoms with Gasteiger partial charge in [-0.2, -0.15) is 0 Å². The molecule has 3 aromatic rings. The fourth-order valence-electron chi connectivity index (χ4n) is 3.79. The minimum absolute atomic E-state index is 0.339.